The lowest BCUT2D eigenvalue weighted by Gasteiger charge is -2.24. The van der Waals surface area contributed by atoms with Gasteiger partial charge in [-0.25, -0.2) is 4.39 Å². The molecular weight excluding hydrogens is 235 g/mol. The van der Waals surface area contributed by atoms with E-state index >= 15 is 0 Å². The lowest BCUT2D eigenvalue weighted by Crippen LogP contribution is -2.21. The number of nitrogens with one attached hydrogen (secondary N) is 1. The molecule has 0 radical (unpaired) electrons. The van der Waals surface area contributed by atoms with Crippen LogP contribution in [0.1, 0.15) is 19.3 Å². The van der Waals surface area contributed by atoms with Crippen molar-refractivity contribution >= 4 is 10.9 Å². The summed E-state index contributed by atoms with van der Waals surface area (Å²) in [4.78, 5) is 18.3. The monoisotopic (exact) mass is 248 g/mol. The van der Waals surface area contributed by atoms with Crippen LogP contribution in [-0.2, 0) is 0 Å². The highest BCUT2D eigenvalue weighted by Crippen LogP contribution is 2.26. The van der Waals surface area contributed by atoms with Gasteiger partial charge in [-0.15, -0.1) is 0 Å². The molecule has 1 aliphatic rings. The Kier molecular flexibility index (Phi) is 2.74. The second-order valence-electron chi connectivity index (χ2n) is 4.61. The van der Waals surface area contributed by atoms with Gasteiger partial charge in [-0.3, -0.25) is 9.78 Å². The number of halogens is 1. The third-order valence-electron chi connectivity index (χ3n) is 3.34. The van der Waals surface area contributed by atoms with Crippen molar-refractivity contribution in [3.63, 3.8) is 0 Å². The largest absolute Gasteiger partial charge is 0.464 e. The van der Waals surface area contributed by atoms with Gasteiger partial charge in [-0.05, 0) is 30.9 Å². The molecule has 94 valence electrons. The molecule has 1 aromatic carbocycles. The number of hydrogen-bond acceptors (Lipinski definition) is 3. The third-order valence-corrected chi connectivity index (χ3v) is 3.34. The molecule has 0 atom stereocenters. The first-order valence-corrected chi connectivity index (χ1v) is 6.05. The molecule has 1 saturated carbocycles. The van der Waals surface area contributed by atoms with Gasteiger partial charge in [0.05, 0.1) is 12.1 Å². The first kappa shape index (κ1) is 11.2. The van der Waals surface area contributed by atoms with Crippen molar-refractivity contribution in [2.45, 2.75) is 19.3 Å². The number of H-pyrrole nitrogens is 1. The normalized spacial score (nSPS) is 15.6. The molecule has 0 bridgehead atoms. The van der Waals surface area contributed by atoms with Crippen LogP contribution >= 0.6 is 0 Å². The van der Waals surface area contributed by atoms with Crippen LogP contribution in [0.15, 0.2) is 23.0 Å². The molecule has 3 rings (SSSR count). The second-order valence-corrected chi connectivity index (χ2v) is 4.61. The molecule has 4 nitrogen and oxygen atoms in total. The highest BCUT2D eigenvalue weighted by Gasteiger charge is 2.18. The Labute approximate surface area is 103 Å². The van der Waals surface area contributed by atoms with E-state index in [2.05, 4.69) is 9.97 Å². The van der Waals surface area contributed by atoms with Crippen molar-refractivity contribution in [1.82, 2.24) is 9.97 Å². The van der Waals surface area contributed by atoms with E-state index in [-0.39, 0.29) is 11.4 Å². The summed E-state index contributed by atoms with van der Waals surface area (Å²) in [6.07, 6.45) is 3.56. The van der Waals surface area contributed by atoms with Crippen molar-refractivity contribution < 1.29 is 9.13 Å². The maximum atomic E-state index is 13.5. The summed E-state index contributed by atoms with van der Waals surface area (Å²) in [6.45, 7) is 0.559. The van der Waals surface area contributed by atoms with Gasteiger partial charge in [0.2, 0.25) is 0 Å². The summed E-state index contributed by atoms with van der Waals surface area (Å²) < 4.78 is 18.9. The Bertz CT molecular complexity index is 634. The Hall–Kier alpha value is -1.91. The average Bonchev–Trinajstić information content (AvgIpc) is 2.26. The van der Waals surface area contributed by atoms with E-state index < -0.39 is 11.4 Å². The molecule has 0 unspecified atom stereocenters. The summed E-state index contributed by atoms with van der Waals surface area (Å²) >= 11 is 0. The van der Waals surface area contributed by atoms with Crippen LogP contribution in [-0.4, -0.2) is 16.6 Å². The number of fused-ring (bicyclic) bond motifs is 1. The molecule has 2 aromatic rings. The third kappa shape index (κ3) is 1.96. The number of nitrogens with zero attached hydrogens (tertiary/aromatic N) is 1. The Morgan fingerprint density at radius 2 is 2.28 bits per heavy atom. The van der Waals surface area contributed by atoms with Crippen molar-refractivity contribution in [1.29, 1.82) is 0 Å². The lowest BCUT2D eigenvalue weighted by atomic mass is 9.86. The molecule has 1 aromatic heterocycles. The molecule has 0 amide bonds. The smallest absolute Gasteiger partial charge is 0.297 e. The van der Waals surface area contributed by atoms with E-state index in [0.717, 1.165) is 12.8 Å². The molecule has 5 heteroatoms. The van der Waals surface area contributed by atoms with Crippen LogP contribution in [0.25, 0.3) is 10.9 Å². The number of aromatic amines is 1. The number of rotatable bonds is 3. The van der Waals surface area contributed by atoms with E-state index in [1.807, 2.05) is 0 Å². The molecule has 18 heavy (non-hydrogen) atoms. The zero-order chi connectivity index (χ0) is 12.5. The fourth-order valence-electron chi connectivity index (χ4n) is 2.05. The maximum Gasteiger partial charge on any atom is 0.297 e. The minimum absolute atomic E-state index is 0.0199. The SMILES string of the molecule is O=c1[nH]c(OCC2CCC2)nc2cccc(F)c12. The van der Waals surface area contributed by atoms with E-state index in [9.17, 15) is 9.18 Å². The van der Waals surface area contributed by atoms with Crippen molar-refractivity contribution in [2.24, 2.45) is 5.92 Å². The van der Waals surface area contributed by atoms with Gasteiger partial charge in [-0.1, -0.05) is 12.5 Å². The van der Waals surface area contributed by atoms with Gasteiger partial charge in [0, 0.05) is 0 Å². The number of benzene rings is 1. The molecule has 1 aliphatic carbocycles. The Morgan fingerprint density at radius 3 is 3.00 bits per heavy atom. The molecule has 0 aliphatic heterocycles. The number of hydrogen-bond donors (Lipinski definition) is 1. The van der Waals surface area contributed by atoms with Crippen LogP contribution in [0, 0.1) is 11.7 Å². The van der Waals surface area contributed by atoms with E-state index in [1.54, 1.807) is 6.07 Å². The predicted molar refractivity (Wildman–Crippen MR) is 65.2 cm³/mol. The second kappa shape index (κ2) is 4.40. The van der Waals surface area contributed by atoms with Crippen LogP contribution in [0.3, 0.4) is 0 Å². The quantitative estimate of drug-likeness (QED) is 0.906. The Balaban J connectivity index is 1.91. The number of ether oxygens (including phenoxy) is 1. The first-order valence-electron chi connectivity index (χ1n) is 6.05. The maximum absolute atomic E-state index is 13.5. The standard InChI is InChI=1S/C13H13FN2O2/c14-9-5-2-6-10-11(9)12(17)16-13(15-10)18-7-8-3-1-4-8/h2,5-6,8H,1,3-4,7H2,(H,15,16,17). The van der Waals surface area contributed by atoms with Gasteiger partial charge < -0.3 is 4.74 Å². The van der Waals surface area contributed by atoms with Gasteiger partial charge in [0.25, 0.3) is 11.6 Å². The molecule has 0 saturated heterocycles. The molecule has 1 N–H and O–H groups in total. The van der Waals surface area contributed by atoms with Gasteiger partial charge in [-0.2, -0.15) is 4.98 Å². The summed E-state index contributed by atoms with van der Waals surface area (Å²) in [7, 11) is 0. The van der Waals surface area contributed by atoms with E-state index in [0.29, 0.717) is 18.0 Å². The summed E-state index contributed by atoms with van der Waals surface area (Å²) in [5.74, 6) is -0.00898. The summed E-state index contributed by atoms with van der Waals surface area (Å²) in [5, 5.41) is -0.0199. The molecule has 1 heterocycles. The van der Waals surface area contributed by atoms with Crippen molar-refractivity contribution in [3.8, 4) is 6.01 Å². The zero-order valence-electron chi connectivity index (χ0n) is 9.78. The predicted octanol–water partition coefficient (Wildman–Crippen LogP) is 2.24. The number of aromatic nitrogens is 2. The van der Waals surface area contributed by atoms with Crippen LogP contribution in [0.5, 0.6) is 6.01 Å². The van der Waals surface area contributed by atoms with Crippen LogP contribution in [0.4, 0.5) is 4.39 Å². The minimum Gasteiger partial charge on any atom is -0.464 e. The lowest BCUT2D eigenvalue weighted by molar-refractivity contribution is 0.170. The molecule has 1 fully saturated rings. The zero-order valence-corrected chi connectivity index (χ0v) is 9.78. The van der Waals surface area contributed by atoms with Crippen molar-refractivity contribution in [2.75, 3.05) is 6.61 Å². The van der Waals surface area contributed by atoms with Crippen LogP contribution in [0.2, 0.25) is 0 Å². The average molecular weight is 248 g/mol. The van der Waals surface area contributed by atoms with Gasteiger partial charge in [0.1, 0.15) is 11.2 Å². The highest BCUT2D eigenvalue weighted by atomic mass is 19.1. The van der Waals surface area contributed by atoms with Gasteiger partial charge >= 0.3 is 0 Å². The molecule has 0 spiro atoms. The van der Waals surface area contributed by atoms with Crippen molar-refractivity contribution in [3.05, 3.63) is 34.4 Å². The minimum atomic E-state index is -0.563. The highest BCUT2D eigenvalue weighted by molar-refractivity contribution is 5.78. The van der Waals surface area contributed by atoms with E-state index in [1.165, 1.54) is 18.6 Å². The summed E-state index contributed by atoms with van der Waals surface area (Å²) in [6, 6.07) is 4.54. The first-order chi connectivity index (χ1) is 8.74. The van der Waals surface area contributed by atoms with E-state index in [4.69, 9.17) is 4.74 Å². The Morgan fingerprint density at radius 1 is 1.44 bits per heavy atom. The summed E-state index contributed by atoms with van der Waals surface area (Å²) in [5.41, 5.74) is -0.177. The molecular formula is C13H13FN2O2. The fourth-order valence-corrected chi connectivity index (χ4v) is 2.05. The van der Waals surface area contributed by atoms with Gasteiger partial charge in [0.15, 0.2) is 0 Å². The topological polar surface area (TPSA) is 55.0 Å². The van der Waals surface area contributed by atoms with Crippen LogP contribution < -0.4 is 10.3 Å². The fraction of sp³-hybridized carbons (Fsp3) is 0.385.